The smallest absolute Gasteiger partial charge is 0.171 e. The van der Waals surface area contributed by atoms with Gasteiger partial charge in [0.2, 0.25) is 0 Å². The number of carbonyl (C=O) groups excluding carboxylic acids is 1. The Balaban J connectivity index is 1.91. The molecule has 5 nitrogen and oxygen atoms in total. The third-order valence-electron chi connectivity index (χ3n) is 4.59. The van der Waals surface area contributed by atoms with Crippen molar-refractivity contribution < 1.29 is 14.3 Å². The Morgan fingerprint density at radius 1 is 1.17 bits per heavy atom. The molecule has 0 spiro atoms. The van der Waals surface area contributed by atoms with E-state index in [0.29, 0.717) is 40.4 Å². The number of Topliss-reactive ketones (excluding diaryl/α,β-unsaturated/α-hetero) is 1. The zero-order chi connectivity index (χ0) is 21.0. The Morgan fingerprint density at radius 3 is 2.62 bits per heavy atom. The van der Waals surface area contributed by atoms with Gasteiger partial charge in [-0.05, 0) is 56.8 Å². The number of hydrogen-bond donors (Lipinski definition) is 2. The minimum atomic E-state index is -0.349. The number of carbonyl (C=O) groups is 1. The van der Waals surface area contributed by atoms with Crippen LogP contribution in [0.15, 0.2) is 53.7 Å². The normalized spacial score (nSPS) is 16.1. The molecular weight excluding hydrogens is 408 g/mol. The number of ether oxygens (including phenoxy) is 2. The first-order valence-corrected chi connectivity index (χ1v) is 10.1. The van der Waals surface area contributed by atoms with Crippen molar-refractivity contribution >= 4 is 34.7 Å². The fourth-order valence-electron chi connectivity index (χ4n) is 3.27. The number of rotatable bonds is 7. The highest BCUT2D eigenvalue weighted by molar-refractivity contribution is 7.80. The van der Waals surface area contributed by atoms with Crippen LogP contribution in [0.5, 0.6) is 11.5 Å². The fraction of sp³-hybridized carbons (Fsp3) is 0.273. The second-order valence-electron chi connectivity index (χ2n) is 6.65. The molecule has 0 saturated carbocycles. The maximum atomic E-state index is 12.2. The third kappa shape index (κ3) is 4.89. The van der Waals surface area contributed by atoms with Crippen LogP contribution >= 0.6 is 23.8 Å². The lowest BCUT2D eigenvalue weighted by Crippen LogP contribution is -2.44. The summed E-state index contributed by atoms with van der Waals surface area (Å²) in [5, 5.41) is 7.33. The first kappa shape index (κ1) is 21.1. The molecule has 3 rings (SSSR count). The van der Waals surface area contributed by atoms with Crippen LogP contribution in [-0.2, 0) is 11.4 Å². The molecule has 0 aliphatic carbocycles. The monoisotopic (exact) mass is 430 g/mol. The van der Waals surface area contributed by atoms with Crippen LogP contribution in [0, 0.1) is 0 Å². The Hall–Kier alpha value is -2.57. The van der Waals surface area contributed by atoms with Crippen LogP contribution in [0.4, 0.5) is 0 Å². The van der Waals surface area contributed by atoms with Crippen LogP contribution in [0.3, 0.4) is 0 Å². The molecule has 152 valence electrons. The number of nitrogens with one attached hydrogen (secondary N) is 2. The van der Waals surface area contributed by atoms with Crippen molar-refractivity contribution in [2.45, 2.75) is 33.4 Å². The first-order chi connectivity index (χ1) is 13.9. The van der Waals surface area contributed by atoms with Crippen molar-refractivity contribution in [3.05, 3.63) is 69.9 Å². The summed E-state index contributed by atoms with van der Waals surface area (Å²) in [7, 11) is 0. The van der Waals surface area contributed by atoms with Crippen molar-refractivity contribution in [2.24, 2.45) is 0 Å². The number of ketones is 1. The number of hydrogen-bond acceptors (Lipinski definition) is 4. The maximum Gasteiger partial charge on any atom is 0.171 e. The van der Waals surface area contributed by atoms with Crippen LogP contribution < -0.4 is 20.1 Å². The summed E-state index contributed by atoms with van der Waals surface area (Å²) in [4.78, 5) is 12.2. The van der Waals surface area contributed by atoms with Gasteiger partial charge < -0.3 is 20.1 Å². The Kier molecular flexibility index (Phi) is 6.77. The van der Waals surface area contributed by atoms with E-state index >= 15 is 0 Å². The molecule has 0 saturated heterocycles. The molecule has 2 aromatic carbocycles. The summed E-state index contributed by atoms with van der Waals surface area (Å²) in [6.45, 7) is 6.12. The molecule has 0 aromatic heterocycles. The highest BCUT2D eigenvalue weighted by Gasteiger charge is 2.28. The quantitative estimate of drug-likeness (QED) is 0.621. The summed E-state index contributed by atoms with van der Waals surface area (Å²) < 4.78 is 11.8. The van der Waals surface area contributed by atoms with Crippen molar-refractivity contribution in [2.75, 3.05) is 6.61 Å². The topological polar surface area (TPSA) is 59.6 Å². The maximum absolute atomic E-state index is 12.2. The minimum Gasteiger partial charge on any atom is -0.490 e. The van der Waals surface area contributed by atoms with Crippen LogP contribution in [-0.4, -0.2) is 17.5 Å². The molecule has 7 heteroatoms. The second-order valence-corrected chi connectivity index (χ2v) is 7.46. The highest BCUT2D eigenvalue weighted by atomic mass is 35.5. The zero-order valence-corrected chi connectivity index (χ0v) is 18.1. The van der Waals surface area contributed by atoms with Gasteiger partial charge in [0.25, 0.3) is 0 Å². The molecule has 1 unspecified atom stereocenters. The Morgan fingerprint density at radius 2 is 1.93 bits per heavy atom. The average Bonchev–Trinajstić information content (AvgIpc) is 2.67. The number of allylic oxidation sites excluding steroid dienone is 1. The van der Waals surface area contributed by atoms with E-state index in [1.807, 2.05) is 56.3 Å². The SMILES string of the molecule is CCOc1cc(C2NC(=S)NC(C)=C2C(C)=O)ccc1OCc1ccccc1Cl. The molecule has 2 N–H and O–H groups in total. The number of thiocarbonyl (C=S) groups is 1. The number of benzene rings is 2. The average molecular weight is 431 g/mol. The van der Waals surface area contributed by atoms with Gasteiger partial charge in [-0.25, -0.2) is 0 Å². The highest BCUT2D eigenvalue weighted by Crippen LogP contribution is 2.35. The van der Waals surface area contributed by atoms with E-state index in [0.717, 1.165) is 16.8 Å². The van der Waals surface area contributed by atoms with E-state index in [1.165, 1.54) is 0 Å². The lowest BCUT2D eigenvalue weighted by Gasteiger charge is -2.30. The van der Waals surface area contributed by atoms with E-state index in [-0.39, 0.29) is 11.8 Å². The van der Waals surface area contributed by atoms with E-state index in [4.69, 9.17) is 33.3 Å². The molecule has 1 heterocycles. The zero-order valence-electron chi connectivity index (χ0n) is 16.5. The fourth-order valence-corrected chi connectivity index (χ4v) is 3.73. The van der Waals surface area contributed by atoms with E-state index in [1.54, 1.807) is 6.92 Å². The first-order valence-electron chi connectivity index (χ1n) is 9.32. The van der Waals surface area contributed by atoms with Crippen LogP contribution in [0.2, 0.25) is 5.02 Å². The van der Waals surface area contributed by atoms with Crippen molar-refractivity contribution in [3.8, 4) is 11.5 Å². The molecule has 0 radical (unpaired) electrons. The van der Waals surface area contributed by atoms with Gasteiger partial charge in [-0.1, -0.05) is 35.9 Å². The molecular formula is C22H23ClN2O3S. The third-order valence-corrected chi connectivity index (χ3v) is 5.18. The predicted octanol–water partition coefficient (Wildman–Crippen LogP) is 4.70. The van der Waals surface area contributed by atoms with Gasteiger partial charge in [-0.15, -0.1) is 0 Å². The lowest BCUT2D eigenvalue weighted by molar-refractivity contribution is -0.114. The molecule has 29 heavy (non-hydrogen) atoms. The van der Waals surface area contributed by atoms with E-state index in [2.05, 4.69) is 10.6 Å². The summed E-state index contributed by atoms with van der Waals surface area (Å²) >= 11 is 11.5. The van der Waals surface area contributed by atoms with Crippen LogP contribution in [0.25, 0.3) is 0 Å². The van der Waals surface area contributed by atoms with E-state index < -0.39 is 0 Å². The molecule has 0 bridgehead atoms. The predicted molar refractivity (Wildman–Crippen MR) is 118 cm³/mol. The summed E-state index contributed by atoms with van der Waals surface area (Å²) in [6.07, 6.45) is 0. The summed E-state index contributed by atoms with van der Waals surface area (Å²) in [5.74, 6) is 1.19. The second kappa shape index (κ2) is 9.29. The Labute approximate surface area is 181 Å². The van der Waals surface area contributed by atoms with Gasteiger partial charge in [-0.3, -0.25) is 4.79 Å². The molecule has 2 aromatic rings. The molecule has 1 aliphatic rings. The molecule has 1 atom stereocenters. The molecule has 0 fully saturated rings. The van der Waals surface area contributed by atoms with Gasteiger partial charge in [0.15, 0.2) is 22.4 Å². The minimum absolute atomic E-state index is 0.0213. The summed E-state index contributed by atoms with van der Waals surface area (Å²) in [6, 6.07) is 12.8. The van der Waals surface area contributed by atoms with Gasteiger partial charge >= 0.3 is 0 Å². The lowest BCUT2D eigenvalue weighted by atomic mass is 9.93. The molecule has 0 amide bonds. The van der Waals surface area contributed by atoms with Crippen molar-refractivity contribution in [1.82, 2.24) is 10.6 Å². The summed E-state index contributed by atoms with van der Waals surface area (Å²) in [5.41, 5.74) is 3.16. The van der Waals surface area contributed by atoms with Gasteiger partial charge in [0, 0.05) is 21.9 Å². The number of halogens is 1. The van der Waals surface area contributed by atoms with Crippen molar-refractivity contribution in [1.29, 1.82) is 0 Å². The standard InChI is InChI=1S/C22H23ClN2O3S/c1-4-27-19-11-15(21-20(14(3)26)13(2)24-22(29)25-21)9-10-18(19)28-12-16-7-5-6-8-17(16)23/h5-11,21H,4,12H2,1-3H3,(H2,24,25,29). The Bertz CT molecular complexity index is 974. The van der Waals surface area contributed by atoms with Gasteiger partial charge in [0.05, 0.1) is 12.6 Å². The van der Waals surface area contributed by atoms with E-state index in [9.17, 15) is 4.79 Å². The largest absolute Gasteiger partial charge is 0.490 e. The molecule has 1 aliphatic heterocycles. The van der Waals surface area contributed by atoms with Gasteiger partial charge in [0.1, 0.15) is 6.61 Å². The van der Waals surface area contributed by atoms with Crippen LogP contribution in [0.1, 0.15) is 37.9 Å². The van der Waals surface area contributed by atoms with Gasteiger partial charge in [-0.2, -0.15) is 0 Å². The van der Waals surface area contributed by atoms with Crippen molar-refractivity contribution in [3.63, 3.8) is 0 Å².